The molecular weight excluding hydrogens is 230 g/mol. The second-order valence-corrected chi connectivity index (χ2v) is 5.22. The van der Waals surface area contributed by atoms with E-state index in [2.05, 4.69) is 17.2 Å². The van der Waals surface area contributed by atoms with Crippen LogP contribution in [0.15, 0.2) is 12.1 Å². The van der Waals surface area contributed by atoms with Crippen LogP contribution in [0.1, 0.15) is 37.4 Å². The van der Waals surface area contributed by atoms with Gasteiger partial charge in [0.25, 0.3) is 0 Å². The molecule has 0 saturated heterocycles. The zero-order valence-electron chi connectivity index (χ0n) is 10.4. The molecule has 1 aliphatic carbocycles. The van der Waals surface area contributed by atoms with Gasteiger partial charge in [0.15, 0.2) is 0 Å². The summed E-state index contributed by atoms with van der Waals surface area (Å²) >= 11 is 5.00. The summed E-state index contributed by atoms with van der Waals surface area (Å²) in [5.74, 6) is 1.71. The summed E-state index contributed by atoms with van der Waals surface area (Å²) in [4.78, 5) is 4.89. The van der Waals surface area contributed by atoms with E-state index in [9.17, 15) is 0 Å². The molecule has 0 amide bonds. The van der Waals surface area contributed by atoms with Crippen LogP contribution in [-0.4, -0.2) is 16.0 Å². The Morgan fingerprint density at radius 1 is 1.59 bits per heavy atom. The Morgan fingerprint density at radius 3 is 3.00 bits per heavy atom. The number of thiocarbonyl (C=S) groups is 1. The van der Waals surface area contributed by atoms with Crippen molar-refractivity contribution in [2.24, 2.45) is 11.7 Å². The predicted octanol–water partition coefficient (Wildman–Crippen LogP) is 2.62. The van der Waals surface area contributed by atoms with Crippen molar-refractivity contribution in [1.29, 1.82) is 0 Å². The lowest BCUT2D eigenvalue weighted by Gasteiger charge is -2.08. The van der Waals surface area contributed by atoms with Gasteiger partial charge in [0, 0.05) is 17.3 Å². The fourth-order valence-corrected chi connectivity index (χ4v) is 2.31. The number of pyridine rings is 1. The molecule has 1 aromatic heterocycles. The van der Waals surface area contributed by atoms with Gasteiger partial charge in [0.1, 0.15) is 10.8 Å². The summed E-state index contributed by atoms with van der Waals surface area (Å²) in [5.41, 5.74) is 7.49. The molecule has 0 radical (unpaired) electrons. The fourth-order valence-electron chi connectivity index (χ4n) is 2.19. The molecule has 92 valence electrons. The molecule has 2 unspecified atom stereocenters. The van der Waals surface area contributed by atoms with E-state index >= 15 is 0 Å². The quantitative estimate of drug-likeness (QED) is 0.788. The monoisotopic (exact) mass is 249 g/mol. The third kappa shape index (κ3) is 3.16. The molecule has 1 aliphatic rings. The Balaban J connectivity index is 2.04. The Bertz CT molecular complexity index is 431. The Hall–Kier alpha value is -1.16. The molecule has 3 nitrogen and oxygen atoms in total. The second-order valence-electron chi connectivity index (χ2n) is 4.78. The lowest BCUT2D eigenvalue weighted by Crippen LogP contribution is -2.12. The van der Waals surface area contributed by atoms with Crippen LogP contribution in [-0.2, 0) is 0 Å². The van der Waals surface area contributed by atoms with E-state index in [-0.39, 0.29) is 0 Å². The molecule has 0 spiro atoms. The topological polar surface area (TPSA) is 50.9 Å². The van der Waals surface area contributed by atoms with Gasteiger partial charge in [0.2, 0.25) is 0 Å². The maximum absolute atomic E-state index is 5.65. The van der Waals surface area contributed by atoms with E-state index in [0.717, 1.165) is 23.0 Å². The maximum Gasteiger partial charge on any atom is 0.127 e. The van der Waals surface area contributed by atoms with Crippen molar-refractivity contribution in [3.05, 3.63) is 23.4 Å². The number of aromatic nitrogens is 1. The van der Waals surface area contributed by atoms with Crippen molar-refractivity contribution in [3.63, 3.8) is 0 Å². The highest BCUT2D eigenvalue weighted by Gasteiger charge is 2.36. The maximum atomic E-state index is 5.65. The first-order chi connectivity index (χ1) is 8.10. The zero-order valence-corrected chi connectivity index (χ0v) is 11.2. The highest BCUT2D eigenvalue weighted by molar-refractivity contribution is 7.80. The molecule has 2 atom stereocenters. The van der Waals surface area contributed by atoms with Gasteiger partial charge < -0.3 is 11.1 Å². The molecule has 1 heterocycles. The average molecular weight is 249 g/mol. The first kappa shape index (κ1) is 12.3. The summed E-state index contributed by atoms with van der Waals surface area (Å²) in [5, 5.41) is 3.46. The molecule has 3 N–H and O–H groups in total. The number of hydrogen-bond acceptors (Lipinski definition) is 3. The van der Waals surface area contributed by atoms with E-state index in [1.807, 2.05) is 19.1 Å². The van der Waals surface area contributed by atoms with Gasteiger partial charge >= 0.3 is 0 Å². The van der Waals surface area contributed by atoms with Crippen molar-refractivity contribution >= 4 is 23.0 Å². The average Bonchev–Trinajstić information content (AvgIpc) is 2.96. The van der Waals surface area contributed by atoms with Crippen molar-refractivity contribution in [3.8, 4) is 0 Å². The third-order valence-electron chi connectivity index (χ3n) is 3.15. The summed E-state index contributed by atoms with van der Waals surface area (Å²) < 4.78 is 0. The van der Waals surface area contributed by atoms with Crippen LogP contribution in [0.4, 0.5) is 5.82 Å². The summed E-state index contributed by atoms with van der Waals surface area (Å²) in [6.07, 6.45) is 3.81. The Labute approximate surface area is 108 Å². The third-order valence-corrected chi connectivity index (χ3v) is 3.39. The smallest absolute Gasteiger partial charge is 0.127 e. The molecular formula is C13H19N3S. The fraction of sp³-hybridized carbons (Fsp3) is 0.538. The van der Waals surface area contributed by atoms with E-state index in [1.165, 1.54) is 19.3 Å². The highest BCUT2D eigenvalue weighted by atomic mass is 32.1. The lowest BCUT2D eigenvalue weighted by atomic mass is 10.2. The minimum Gasteiger partial charge on any atom is -0.389 e. The number of hydrogen-bond donors (Lipinski definition) is 2. The van der Waals surface area contributed by atoms with Crippen LogP contribution in [0.5, 0.6) is 0 Å². The minimum atomic E-state index is 0.430. The van der Waals surface area contributed by atoms with Crippen LogP contribution in [0.3, 0.4) is 0 Å². The van der Waals surface area contributed by atoms with Gasteiger partial charge in [-0.2, -0.15) is 0 Å². The van der Waals surface area contributed by atoms with Crippen LogP contribution >= 0.6 is 12.2 Å². The van der Waals surface area contributed by atoms with E-state index < -0.39 is 0 Å². The molecule has 1 fully saturated rings. The van der Waals surface area contributed by atoms with Gasteiger partial charge in [0.05, 0.1) is 0 Å². The first-order valence-corrected chi connectivity index (χ1v) is 6.56. The zero-order chi connectivity index (χ0) is 12.4. The Morgan fingerprint density at radius 2 is 2.35 bits per heavy atom. The molecule has 0 aromatic carbocycles. The summed E-state index contributed by atoms with van der Waals surface area (Å²) in [7, 11) is 0. The molecule has 1 aromatic rings. The number of nitrogens with zero attached hydrogens (tertiary/aromatic N) is 1. The molecule has 4 heteroatoms. The van der Waals surface area contributed by atoms with Crippen molar-refractivity contribution in [1.82, 2.24) is 4.98 Å². The number of aryl methyl sites for hydroxylation is 1. The molecule has 2 rings (SSSR count). The van der Waals surface area contributed by atoms with Crippen LogP contribution in [0.2, 0.25) is 0 Å². The number of nitrogens with one attached hydrogen (secondary N) is 1. The standard InChI is InChI=1S/C13H19N3S/c1-3-4-9-6-11(9)16-12-7-10(13(14)17)5-8(2)15-12/h5,7,9,11H,3-4,6H2,1-2H3,(H2,14,17)(H,15,16). The van der Waals surface area contributed by atoms with Crippen LogP contribution in [0, 0.1) is 12.8 Å². The van der Waals surface area contributed by atoms with Crippen molar-refractivity contribution in [2.75, 3.05) is 5.32 Å². The molecule has 0 bridgehead atoms. The predicted molar refractivity (Wildman–Crippen MR) is 75.3 cm³/mol. The van der Waals surface area contributed by atoms with Gasteiger partial charge in [-0.3, -0.25) is 0 Å². The van der Waals surface area contributed by atoms with E-state index in [1.54, 1.807) is 0 Å². The van der Waals surface area contributed by atoms with Crippen molar-refractivity contribution < 1.29 is 0 Å². The van der Waals surface area contributed by atoms with Crippen molar-refractivity contribution in [2.45, 2.75) is 39.2 Å². The summed E-state index contributed by atoms with van der Waals surface area (Å²) in [6.45, 7) is 4.19. The highest BCUT2D eigenvalue weighted by Crippen LogP contribution is 2.36. The lowest BCUT2D eigenvalue weighted by molar-refractivity contribution is 0.692. The second kappa shape index (κ2) is 5.00. The Kier molecular flexibility index (Phi) is 3.62. The SMILES string of the molecule is CCCC1CC1Nc1cc(C(N)=S)cc(C)n1. The van der Waals surface area contributed by atoms with E-state index in [0.29, 0.717) is 11.0 Å². The number of anilines is 1. The number of rotatable bonds is 5. The van der Waals surface area contributed by atoms with Crippen LogP contribution in [0.25, 0.3) is 0 Å². The largest absolute Gasteiger partial charge is 0.389 e. The van der Waals surface area contributed by atoms with Gasteiger partial charge in [-0.25, -0.2) is 4.98 Å². The number of nitrogens with two attached hydrogens (primary N) is 1. The van der Waals surface area contributed by atoms with Gasteiger partial charge in [-0.05, 0) is 37.8 Å². The van der Waals surface area contributed by atoms with Crippen LogP contribution < -0.4 is 11.1 Å². The molecule has 17 heavy (non-hydrogen) atoms. The minimum absolute atomic E-state index is 0.430. The van der Waals surface area contributed by atoms with Gasteiger partial charge in [-0.15, -0.1) is 0 Å². The van der Waals surface area contributed by atoms with Gasteiger partial charge in [-0.1, -0.05) is 25.6 Å². The summed E-state index contributed by atoms with van der Waals surface area (Å²) in [6, 6.07) is 4.45. The normalized spacial score (nSPS) is 22.2. The molecule has 0 aliphatic heterocycles. The first-order valence-electron chi connectivity index (χ1n) is 6.15. The molecule has 1 saturated carbocycles. The van der Waals surface area contributed by atoms with E-state index in [4.69, 9.17) is 18.0 Å².